The maximum Gasteiger partial charge on any atom is 0.318 e. The normalized spacial score (nSPS) is 21.6. The number of rotatable bonds is 4. The van der Waals surface area contributed by atoms with Gasteiger partial charge in [-0.05, 0) is 43.7 Å². The minimum Gasteiger partial charge on any atom is -0.336 e. The smallest absolute Gasteiger partial charge is 0.318 e. The fraction of sp³-hybridized carbons (Fsp3) is 0.417. The molecule has 0 saturated carbocycles. The van der Waals surface area contributed by atoms with E-state index >= 15 is 0 Å². The Morgan fingerprint density at radius 2 is 1.66 bits per heavy atom. The largest absolute Gasteiger partial charge is 0.336 e. The third-order valence-electron chi connectivity index (χ3n) is 6.22. The molecule has 0 bridgehead atoms. The third-order valence-corrected chi connectivity index (χ3v) is 6.22. The van der Waals surface area contributed by atoms with Crippen molar-refractivity contribution in [3.8, 4) is 0 Å². The van der Waals surface area contributed by atoms with Gasteiger partial charge in [0, 0.05) is 26.2 Å². The van der Waals surface area contributed by atoms with E-state index in [-0.39, 0.29) is 11.9 Å². The number of likely N-dealkylation sites (tertiary alicyclic amines) is 2. The third kappa shape index (κ3) is 4.00. The number of nitrogens with zero attached hydrogens (tertiary/aromatic N) is 2. The molecular weight excluding hydrogens is 362 g/mol. The zero-order chi connectivity index (χ0) is 20.3. The SMILES string of the molecule is Cc1ccc(CNC(=O)N2CCCC23CCCN(Cc2ccccc2)C3=O)cc1. The number of hydrogen-bond donors (Lipinski definition) is 1. The number of benzene rings is 2. The van der Waals surface area contributed by atoms with Crippen LogP contribution in [0.5, 0.6) is 0 Å². The number of piperidine rings is 1. The van der Waals surface area contributed by atoms with Gasteiger partial charge >= 0.3 is 6.03 Å². The Balaban J connectivity index is 1.45. The Morgan fingerprint density at radius 3 is 2.38 bits per heavy atom. The van der Waals surface area contributed by atoms with Crippen LogP contribution in [0.3, 0.4) is 0 Å². The van der Waals surface area contributed by atoms with E-state index in [1.807, 2.05) is 54.3 Å². The average molecular weight is 392 g/mol. The number of aryl methyl sites for hydroxylation is 1. The summed E-state index contributed by atoms with van der Waals surface area (Å²) in [5, 5.41) is 3.03. The van der Waals surface area contributed by atoms with Gasteiger partial charge in [0.2, 0.25) is 5.91 Å². The molecule has 0 radical (unpaired) electrons. The number of amides is 3. The Bertz CT molecular complexity index is 865. The van der Waals surface area contributed by atoms with Gasteiger partial charge < -0.3 is 15.1 Å². The molecule has 4 rings (SSSR count). The number of hydrogen-bond acceptors (Lipinski definition) is 2. The maximum absolute atomic E-state index is 13.5. The Kier molecular flexibility index (Phi) is 5.56. The van der Waals surface area contributed by atoms with Gasteiger partial charge in [-0.3, -0.25) is 4.79 Å². The van der Waals surface area contributed by atoms with Crippen LogP contribution in [0.2, 0.25) is 0 Å². The molecule has 5 heteroatoms. The van der Waals surface area contributed by atoms with Crippen molar-refractivity contribution in [3.63, 3.8) is 0 Å². The van der Waals surface area contributed by atoms with Crippen LogP contribution in [0.25, 0.3) is 0 Å². The predicted molar refractivity (Wildman–Crippen MR) is 113 cm³/mol. The van der Waals surface area contributed by atoms with Crippen molar-refractivity contribution < 1.29 is 9.59 Å². The predicted octanol–water partition coefficient (Wildman–Crippen LogP) is 3.86. The molecule has 2 aliphatic heterocycles. The van der Waals surface area contributed by atoms with Crippen LogP contribution in [0.15, 0.2) is 54.6 Å². The summed E-state index contributed by atoms with van der Waals surface area (Å²) in [5.41, 5.74) is 2.72. The van der Waals surface area contributed by atoms with Crippen molar-refractivity contribution in [2.24, 2.45) is 0 Å². The van der Waals surface area contributed by atoms with Crippen molar-refractivity contribution >= 4 is 11.9 Å². The van der Waals surface area contributed by atoms with Gasteiger partial charge in [0.15, 0.2) is 0 Å². The molecule has 0 aromatic heterocycles. The molecule has 1 atom stereocenters. The number of nitrogens with one attached hydrogen (secondary N) is 1. The summed E-state index contributed by atoms with van der Waals surface area (Å²) in [7, 11) is 0. The fourth-order valence-electron chi connectivity index (χ4n) is 4.66. The minimum atomic E-state index is -0.676. The zero-order valence-corrected chi connectivity index (χ0v) is 17.1. The van der Waals surface area contributed by atoms with Crippen LogP contribution in [0, 0.1) is 6.92 Å². The van der Waals surface area contributed by atoms with Crippen LogP contribution in [0.4, 0.5) is 4.79 Å². The van der Waals surface area contributed by atoms with Gasteiger partial charge in [-0.1, -0.05) is 60.2 Å². The highest BCUT2D eigenvalue weighted by Gasteiger charge is 2.52. The van der Waals surface area contributed by atoms with Gasteiger partial charge in [0.1, 0.15) is 5.54 Å². The standard InChI is InChI=1S/C24H29N3O2/c1-19-9-11-20(12-10-19)17-25-23(29)27-16-6-14-24(27)13-5-15-26(22(24)28)18-21-7-3-2-4-8-21/h2-4,7-12H,5-6,13-18H2,1H3,(H,25,29). The van der Waals surface area contributed by atoms with Crippen LogP contribution >= 0.6 is 0 Å². The lowest BCUT2D eigenvalue weighted by molar-refractivity contribution is -0.146. The zero-order valence-electron chi connectivity index (χ0n) is 17.1. The molecule has 152 valence electrons. The van der Waals surface area contributed by atoms with Crippen molar-refractivity contribution in [2.75, 3.05) is 13.1 Å². The first kappa shape index (κ1) is 19.5. The Labute approximate surface area is 172 Å². The summed E-state index contributed by atoms with van der Waals surface area (Å²) in [6.07, 6.45) is 3.33. The quantitative estimate of drug-likeness (QED) is 0.860. The van der Waals surface area contributed by atoms with E-state index in [1.54, 1.807) is 4.90 Å². The van der Waals surface area contributed by atoms with Gasteiger partial charge in [0.05, 0.1) is 0 Å². The highest BCUT2D eigenvalue weighted by atomic mass is 16.2. The lowest BCUT2D eigenvalue weighted by atomic mass is 9.85. The summed E-state index contributed by atoms with van der Waals surface area (Å²) < 4.78 is 0. The van der Waals surface area contributed by atoms with Gasteiger partial charge in [-0.2, -0.15) is 0 Å². The molecule has 2 fully saturated rings. The number of carbonyl (C=O) groups excluding carboxylic acids is 2. The van der Waals surface area contributed by atoms with Crippen molar-refractivity contribution in [1.29, 1.82) is 0 Å². The van der Waals surface area contributed by atoms with Crippen LogP contribution in [-0.2, 0) is 17.9 Å². The van der Waals surface area contributed by atoms with Crippen molar-refractivity contribution in [3.05, 3.63) is 71.3 Å². The first-order valence-corrected chi connectivity index (χ1v) is 10.5. The summed E-state index contributed by atoms with van der Waals surface area (Å²) in [5.74, 6) is 0.107. The summed E-state index contributed by atoms with van der Waals surface area (Å²) in [6.45, 7) is 4.54. The van der Waals surface area contributed by atoms with Crippen LogP contribution in [0.1, 0.15) is 42.4 Å². The maximum atomic E-state index is 13.5. The molecule has 2 aliphatic rings. The molecule has 3 amide bonds. The highest BCUT2D eigenvalue weighted by Crippen LogP contribution is 2.38. The Hall–Kier alpha value is -2.82. The lowest BCUT2D eigenvalue weighted by Crippen LogP contribution is -2.62. The molecule has 5 nitrogen and oxygen atoms in total. The number of urea groups is 1. The Morgan fingerprint density at radius 1 is 0.966 bits per heavy atom. The monoisotopic (exact) mass is 391 g/mol. The van der Waals surface area contributed by atoms with Gasteiger partial charge in [-0.25, -0.2) is 4.79 Å². The van der Waals surface area contributed by atoms with Gasteiger partial charge in [0.25, 0.3) is 0 Å². The van der Waals surface area contributed by atoms with Crippen molar-refractivity contribution in [1.82, 2.24) is 15.1 Å². The first-order valence-electron chi connectivity index (χ1n) is 10.5. The molecule has 2 saturated heterocycles. The second kappa shape index (κ2) is 8.27. The summed E-state index contributed by atoms with van der Waals surface area (Å²) >= 11 is 0. The second-order valence-electron chi connectivity index (χ2n) is 8.25. The lowest BCUT2D eigenvalue weighted by Gasteiger charge is -2.44. The molecular formula is C24H29N3O2. The minimum absolute atomic E-state index is 0.107. The second-order valence-corrected chi connectivity index (χ2v) is 8.25. The van der Waals surface area contributed by atoms with Crippen LogP contribution < -0.4 is 5.32 Å². The van der Waals surface area contributed by atoms with E-state index in [9.17, 15) is 9.59 Å². The number of carbonyl (C=O) groups is 2. The molecule has 1 unspecified atom stereocenters. The molecule has 1 spiro atoms. The highest BCUT2D eigenvalue weighted by molar-refractivity contribution is 5.92. The molecule has 2 aromatic rings. The van der Waals surface area contributed by atoms with E-state index in [0.717, 1.165) is 43.4 Å². The summed E-state index contributed by atoms with van der Waals surface area (Å²) in [6, 6.07) is 18.1. The van der Waals surface area contributed by atoms with Gasteiger partial charge in [-0.15, -0.1) is 0 Å². The van der Waals surface area contributed by atoms with E-state index in [1.165, 1.54) is 5.56 Å². The van der Waals surface area contributed by atoms with E-state index in [4.69, 9.17) is 0 Å². The first-order chi connectivity index (χ1) is 14.1. The molecule has 2 aromatic carbocycles. The molecule has 2 heterocycles. The molecule has 0 aliphatic carbocycles. The van der Waals surface area contributed by atoms with Crippen molar-refractivity contribution in [2.45, 2.75) is 51.2 Å². The molecule has 1 N–H and O–H groups in total. The topological polar surface area (TPSA) is 52.7 Å². The fourth-order valence-corrected chi connectivity index (χ4v) is 4.66. The van der Waals surface area contributed by atoms with E-state index in [0.29, 0.717) is 19.6 Å². The summed E-state index contributed by atoms with van der Waals surface area (Å²) in [4.78, 5) is 30.2. The van der Waals surface area contributed by atoms with Crippen LogP contribution in [-0.4, -0.2) is 40.4 Å². The average Bonchev–Trinajstić information content (AvgIpc) is 3.16. The molecule has 29 heavy (non-hydrogen) atoms. The van der Waals surface area contributed by atoms with E-state index < -0.39 is 5.54 Å². The van der Waals surface area contributed by atoms with E-state index in [2.05, 4.69) is 17.4 Å².